The Morgan fingerprint density at radius 3 is 2.33 bits per heavy atom. The first-order valence-electron chi connectivity index (χ1n) is 7.73. The monoisotopic (exact) mass is 418 g/mol. The maximum absolute atomic E-state index is 12.5. The Morgan fingerprint density at radius 2 is 1.78 bits per heavy atom. The van der Waals surface area contributed by atoms with Crippen LogP contribution in [0.2, 0.25) is 5.02 Å². The zero-order valence-corrected chi connectivity index (χ0v) is 15.9. The van der Waals surface area contributed by atoms with Crippen molar-refractivity contribution in [1.29, 1.82) is 0 Å². The van der Waals surface area contributed by atoms with Crippen LogP contribution in [0, 0.1) is 0 Å². The highest BCUT2D eigenvalue weighted by atomic mass is 35.5. The van der Waals surface area contributed by atoms with Gasteiger partial charge in [0.05, 0.1) is 21.5 Å². The standard InChI is InChI=1S/C17H17ClF2N2O4S/c1-10(11-3-5-12(6-4-11)26-17(19)20)22-16(23)14-9-13(7-8-15(14)18)27(24,25)21-2/h3-10,17,21H,1-2H3,(H,22,23). The molecule has 6 nitrogen and oxygen atoms in total. The van der Waals surface area contributed by atoms with Crippen molar-refractivity contribution in [2.75, 3.05) is 7.05 Å². The molecule has 146 valence electrons. The molecule has 0 aliphatic heterocycles. The molecule has 1 unspecified atom stereocenters. The third kappa shape index (κ3) is 5.38. The lowest BCUT2D eigenvalue weighted by atomic mass is 10.1. The van der Waals surface area contributed by atoms with E-state index in [2.05, 4.69) is 14.8 Å². The molecular formula is C17H17ClF2N2O4S. The summed E-state index contributed by atoms with van der Waals surface area (Å²) in [5.74, 6) is -0.575. The second-order valence-electron chi connectivity index (χ2n) is 5.49. The smallest absolute Gasteiger partial charge is 0.387 e. The molecule has 0 spiro atoms. The number of nitrogens with one attached hydrogen (secondary N) is 2. The predicted octanol–water partition coefficient (Wildman–Crippen LogP) is 3.34. The van der Waals surface area contributed by atoms with Crippen LogP contribution in [0.1, 0.15) is 28.9 Å². The molecular weight excluding hydrogens is 402 g/mol. The van der Waals surface area contributed by atoms with E-state index < -0.39 is 28.6 Å². The average Bonchev–Trinajstić information content (AvgIpc) is 2.61. The summed E-state index contributed by atoms with van der Waals surface area (Å²) >= 11 is 6.02. The minimum absolute atomic E-state index is 0.000273. The first-order chi connectivity index (χ1) is 12.6. The number of alkyl halides is 2. The lowest BCUT2D eigenvalue weighted by Gasteiger charge is -2.16. The average molecular weight is 419 g/mol. The van der Waals surface area contributed by atoms with Crippen LogP contribution >= 0.6 is 11.6 Å². The SMILES string of the molecule is CNS(=O)(=O)c1ccc(Cl)c(C(=O)NC(C)c2ccc(OC(F)F)cc2)c1. The molecule has 0 aliphatic carbocycles. The van der Waals surface area contributed by atoms with Gasteiger partial charge in [-0.15, -0.1) is 0 Å². The van der Waals surface area contributed by atoms with Gasteiger partial charge in [0.1, 0.15) is 5.75 Å². The number of hydrogen-bond acceptors (Lipinski definition) is 4. The largest absolute Gasteiger partial charge is 0.435 e. The normalized spacial score (nSPS) is 12.7. The number of amides is 1. The summed E-state index contributed by atoms with van der Waals surface area (Å²) in [5, 5.41) is 2.78. The van der Waals surface area contributed by atoms with Crippen molar-refractivity contribution < 1.29 is 26.7 Å². The van der Waals surface area contributed by atoms with Crippen molar-refractivity contribution in [3.63, 3.8) is 0 Å². The molecule has 2 aromatic carbocycles. The number of rotatable bonds is 7. The van der Waals surface area contributed by atoms with Gasteiger partial charge in [0.25, 0.3) is 5.91 Å². The molecule has 2 N–H and O–H groups in total. The van der Waals surface area contributed by atoms with Crippen LogP contribution in [-0.2, 0) is 10.0 Å². The Morgan fingerprint density at radius 1 is 1.15 bits per heavy atom. The second kappa shape index (κ2) is 8.64. The molecule has 10 heteroatoms. The lowest BCUT2D eigenvalue weighted by molar-refractivity contribution is -0.0498. The molecule has 0 saturated heterocycles. The topological polar surface area (TPSA) is 84.5 Å². The molecule has 0 heterocycles. The van der Waals surface area contributed by atoms with E-state index in [4.69, 9.17) is 11.6 Å². The Labute approximate surface area is 160 Å². The van der Waals surface area contributed by atoms with Crippen LogP contribution in [0.3, 0.4) is 0 Å². The first-order valence-corrected chi connectivity index (χ1v) is 9.59. The highest BCUT2D eigenvalue weighted by Gasteiger charge is 2.19. The van der Waals surface area contributed by atoms with Crippen LogP contribution in [-0.4, -0.2) is 28.0 Å². The molecule has 0 fully saturated rings. The van der Waals surface area contributed by atoms with E-state index in [9.17, 15) is 22.0 Å². The minimum Gasteiger partial charge on any atom is -0.435 e. The van der Waals surface area contributed by atoms with Crippen molar-refractivity contribution in [3.05, 3.63) is 58.6 Å². The minimum atomic E-state index is -3.73. The van der Waals surface area contributed by atoms with E-state index in [0.29, 0.717) is 5.56 Å². The summed E-state index contributed by atoms with van der Waals surface area (Å²) in [4.78, 5) is 12.4. The van der Waals surface area contributed by atoms with Crippen molar-refractivity contribution in [2.45, 2.75) is 24.5 Å². The van der Waals surface area contributed by atoms with Crippen molar-refractivity contribution in [2.24, 2.45) is 0 Å². The summed E-state index contributed by atoms with van der Waals surface area (Å²) in [7, 11) is -2.47. The van der Waals surface area contributed by atoms with Gasteiger partial charge in [0.2, 0.25) is 10.0 Å². The van der Waals surface area contributed by atoms with E-state index in [1.165, 1.54) is 49.5 Å². The third-order valence-electron chi connectivity index (χ3n) is 3.71. The number of benzene rings is 2. The van der Waals surface area contributed by atoms with E-state index in [-0.39, 0.29) is 21.2 Å². The Hall–Kier alpha value is -2.23. The first kappa shape index (κ1) is 21.1. The van der Waals surface area contributed by atoms with Gasteiger partial charge in [-0.05, 0) is 49.9 Å². The molecule has 0 saturated carbocycles. The summed E-state index contributed by atoms with van der Waals surface area (Å²) in [5.41, 5.74) is 0.637. The summed E-state index contributed by atoms with van der Waals surface area (Å²) in [6.45, 7) is -1.24. The van der Waals surface area contributed by atoms with Gasteiger partial charge in [0, 0.05) is 0 Å². The fourth-order valence-corrected chi connectivity index (χ4v) is 3.22. The molecule has 0 bridgehead atoms. The molecule has 0 radical (unpaired) electrons. The Bertz CT molecular complexity index is 921. The summed E-state index contributed by atoms with van der Waals surface area (Å²) in [6, 6.07) is 9.08. The van der Waals surface area contributed by atoms with Crippen molar-refractivity contribution in [1.82, 2.24) is 10.0 Å². The van der Waals surface area contributed by atoms with Gasteiger partial charge >= 0.3 is 6.61 Å². The van der Waals surface area contributed by atoms with Gasteiger partial charge in [0.15, 0.2) is 0 Å². The zero-order valence-electron chi connectivity index (χ0n) is 14.4. The molecule has 2 rings (SSSR count). The van der Waals surface area contributed by atoms with E-state index in [1.54, 1.807) is 6.92 Å². The highest BCUT2D eigenvalue weighted by molar-refractivity contribution is 7.89. The lowest BCUT2D eigenvalue weighted by Crippen LogP contribution is -2.27. The van der Waals surface area contributed by atoms with Gasteiger partial charge < -0.3 is 10.1 Å². The summed E-state index contributed by atoms with van der Waals surface area (Å²) in [6.07, 6.45) is 0. The van der Waals surface area contributed by atoms with Crippen molar-refractivity contribution >= 4 is 27.5 Å². The molecule has 27 heavy (non-hydrogen) atoms. The number of sulfonamides is 1. The summed E-state index contributed by atoms with van der Waals surface area (Å²) < 4.78 is 54.6. The van der Waals surface area contributed by atoms with Gasteiger partial charge in [-0.2, -0.15) is 8.78 Å². The maximum Gasteiger partial charge on any atom is 0.387 e. The van der Waals surface area contributed by atoms with Gasteiger partial charge in [-0.1, -0.05) is 23.7 Å². The van der Waals surface area contributed by atoms with Crippen LogP contribution in [0.5, 0.6) is 5.75 Å². The van der Waals surface area contributed by atoms with Gasteiger partial charge in [-0.25, -0.2) is 13.1 Å². The zero-order chi connectivity index (χ0) is 20.2. The maximum atomic E-state index is 12.5. The van der Waals surface area contributed by atoms with Gasteiger partial charge in [-0.3, -0.25) is 4.79 Å². The molecule has 2 aromatic rings. The van der Waals surface area contributed by atoms with E-state index >= 15 is 0 Å². The number of ether oxygens (including phenoxy) is 1. The van der Waals surface area contributed by atoms with E-state index in [1.807, 2.05) is 0 Å². The van der Waals surface area contributed by atoms with Crippen LogP contribution in [0.15, 0.2) is 47.4 Å². The quantitative estimate of drug-likeness (QED) is 0.722. The fraction of sp³-hybridized carbons (Fsp3) is 0.235. The molecule has 1 amide bonds. The van der Waals surface area contributed by atoms with Crippen LogP contribution in [0.4, 0.5) is 8.78 Å². The Kier molecular flexibility index (Phi) is 6.74. The molecule has 1 atom stereocenters. The van der Waals surface area contributed by atoms with Crippen LogP contribution < -0.4 is 14.8 Å². The fourth-order valence-electron chi connectivity index (χ4n) is 2.26. The van der Waals surface area contributed by atoms with Crippen molar-refractivity contribution in [3.8, 4) is 5.75 Å². The van der Waals surface area contributed by atoms with Crippen LogP contribution in [0.25, 0.3) is 0 Å². The third-order valence-corrected chi connectivity index (χ3v) is 5.46. The Balaban J connectivity index is 2.18. The molecule has 0 aliphatic rings. The molecule has 0 aromatic heterocycles. The highest BCUT2D eigenvalue weighted by Crippen LogP contribution is 2.23. The number of carbonyl (C=O) groups is 1. The second-order valence-corrected chi connectivity index (χ2v) is 7.79. The number of carbonyl (C=O) groups excluding carboxylic acids is 1. The predicted molar refractivity (Wildman–Crippen MR) is 96.7 cm³/mol. The number of halogens is 3. The number of hydrogen-bond donors (Lipinski definition) is 2. The van der Waals surface area contributed by atoms with E-state index in [0.717, 1.165) is 0 Å².